The molecule has 3 aromatic heterocycles. The highest BCUT2D eigenvalue weighted by Crippen LogP contribution is 2.54. The fraction of sp³-hybridized carbons (Fsp3) is 0.345. The number of ether oxygens (including phenoxy) is 1. The van der Waals surface area contributed by atoms with Crippen molar-refractivity contribution in [1.29, 1.82) is 5.26 Å². The van der Waals surface area contributed by atoms with Crippen molar-refractivity contribution in [1.82, 2.24) is 24.5 Å². The smallest absolute Gasteiger partial charge is 0.387 e. The summed E-state index contributed by atoms with van der Waals surface area (Å²) < 4.78 is 48.3. The maximum absolute atomic E-state index is 15.2. The first-order chi connectivity index (χ1) is 19.5. The average molecular weight is 561 g/mol. The summed E-state index contributed by atoms with van der Waals surface area (Å²) in [6, 6.07) is 9.17. The Kier molecular flexibility index (Phi) is 5.28. The van der Waals surface area contributed by atoms with Crippen LogP contribution in [0.25, 0.3) is 16.9 Å². The van der Waals surface area contributed by atoms with E-state index in [9.17, 15) is 23.9 Å². The molecule has 3 aliphatic rings. The summed E-state index contributed by atoms with van der Waals surface area (Å²) in [5.74, 6) is -1.58. The second-order valence-electron chi connectivity index (χ2n) is 11.3. The number of hydrogen-bond acceptors (Lipinski definition) is 7. The lowest BCUT2D eigenvalue weighted by atomic mass is 9.59. The lowest BCUT2D eigenvalue weighted by molar-refractivity contribution is -0.108. The molecule has 208 valence electrons. The van der Waals surface area contributed by atoms with Gasteiger partial charge >= 0.3 is 6.61 Å². The minimum Gasteiger partial charge on any atom is -0.434 e. The SMILES string of the molecule is CN1C(=O)c2cccc(OC(F)F)c2C2CC1c1nn3ccc(-c4cnc(C5(O)CC(C)(C#N)C5)c(F)c4)nc3c12. The van der Waals surface area contributed by atoms with E-state index in [2.05, 4.69) is 16.2 Å². The molecule has 1 aromatic carbocycles. The Morgan fingerprint density at radius 1 is 1.24 bits per heavy atom. The second-order valence-corrected chi connectivity index (χ2v) is 11.3. The van der Waals surface area contributed by atoms with Crippen LogP contribution in [0.2, 0.25) is 0 Å². The number of fused-ring (bicyclic) bond motifs is 9. The number of aromatic nitrogens is 4. The molecule has 2 atom stereocenters. The molecule has 7 rings (SSSR count). The number of amides is 1. The van der Waals surface area contributed by atoms with Gasteiger partial charge in [0.1, 0.15) is 22.9 Å². The topological polar surface area (TPSA) is 117 Å². The number of aliphatic hydroxyl groups is 1. The highest BCUT2D eigenvalue weighted by atomic mass is 19.3. The van der Waals surface area contributed by atoms with Crippen molar-refractivity contribution in [3.8, 4) is 23.1 Å². The van der Waals surface area contributed by atoms with Gasteiger partial charge in [-0.2, -0.15) is 19.1 Å². The van der Waals surface area contributed by atoms with Crippen molar-refractivity contribution < 1.29 is 27.8 Å². The Hall–Kier alpha value is -4.50. The first-order valence-corrected chi connectivity index (χ1v) is 13.1. The molecule has 0 spiro atoms. The molecule has 12 heteroatoms. The number of pyridine rings is 1. The third-order valence-corrected chi connectivity index (χ3v) is 8.53. The van der Waals surface area contributed by atoms with Gasteiger partial charge in [0.2, 0.25) is 0 Å². The number of carbonyl (C=O) groups is 1. The van der Waals surface area contributed by atoms with Crippen LogP contribution in [0, 0.1) is 22.6 Å². The third-order valence-electron chi connectivity index (χ3n) is 8.53. The minimum atomic E-state index is -3.07. The van der Waals surface area contributed by atoms with Crippen molar-refractivity contribution in [2.75, 3.05) is 7.05 Å². The fourth-order valence-electron chi connectivity index (χ4n) is 6.79. The van der Waals surface area contributed by atoms with Crippen molar-refractivity contribution in [3.05, 3.63) is 76.6 Å². The van der Waals surface area contributed by atoms with Gasteiger partial charge in [-0.1, -0.05) is 6.07 Å². The molecule has 0 radical (unpaired) electrons. The number of nitrogens with zero attached hydrogens (tertiary/aromatic N) is 6. The highest BCUT2D eigenvalue weighted by molar-refractivity contribution is 5.98. The van der Waals surface area contributed by atoms with Crippen LogP contribution in [0.15, 0.2) is 42.7 Å². The van der Waals surface area contributed by atoms with Crippen LogP contribution < -0.4 is 4.74 Å². The van der Waals surface area contributed by atoms with Crippen LogP contribution in [0.5, 0.6) is 5.75 Å². The van der Waals surface area contributed by atoms with E-state index >= 15 is 4.39 Å². The summed E-state index contributed by atoms with van der Waals surface area (Å²) >= 11 is 0. The molecule has 41 heavy (non-hydrogen) atoms. The molecular formula is C29H23F3N6O3. The van der Waals surface area contributed by atoms with Gasteiger partial charge in [-0.25, -0.2) is 13.9 Å². The molecule has 9 nitrogen and oxygen atoms in total. The molecule has 1 amide bonds. The highest BCUT2D eigenvalue weighted by Gasteiger charge is 2.54. The van der Waals surface area contributed by atoms with E-state index in [0.29, 0.717) is 40.1 Å². The lowest BCUT2D eigenvalue weighted by Crippen LogP contribution is -2.48. The zero-order chi connectivity index (χ0) is 28.8. The van der Waals surface area contributed by atoms with Crippen molar-refractivity contribution in [2.45, 2.75) is 50.4 Å². The van der Waals surface area contributed by atoms with E-state index in [0.717, 1.165) is 0 Å². The summed E-state index contributed by atoms with van der Waals surface area (Å²) in [6.07, 6.45) is 3.68. The van der Waals surface area contributed by atoms with Gasteiger partial charge in [0, 0.05) is 60.5 Å². The standard InChI is InChI=1S/C29H23F3N6O3/c1-28(13-33)11-29(40,12-28)24-17(30)8-14(10-34-24)18-6-7-38-25(35-18)22-16-9-19(23(22)36-38)37(2)26(39)15-4-3-5-20(21(15)16)41-27(31)32/h3-8,10,16,19,27,40H,9,11-12H2,1-2H3. The van der Waals surface area contributed by atoms with Crippen LogP contribution in [0.4, 0.5) is 13.2 Å². The first-order valence-electron chi connectivity index (χ1n) is 13.1. The molecule has 2 bridgehead atoms. The Balaban J connectivity index is 1.33. The number of nitriles is 1. The molecule has 1 fully saturated rings. The van der Waals surface area contributed by atoms with Crippen LogP contribution in [-0.4, -0.2) is 49.2 Å². The van der Waals surface area contributed by atoms with E-state index in [-0.39, 0.29) is 35.8 Å². The molecule has 4 heterocycles. The Bertz CT molecular complexity index is 1810. The fourth-order valence-corrected chi connectivity index (χ4v) is 6.79. The van der Waals surface area contributed by atoms with E-state index in [1.165, 1.54) is 24.4 Å². The number of halogens is 3. The normalized spacial score (nSPS) is 26.4. The summed E-state index contributed by atoms with van der Waals surface area (Å²) in [6.45, 7) is -1.36. The molecular weight excluding hydrogens is 537 g/mol. The van der Waals surface area contributed by atoms with Crippen molar-refractivity contribution in [2.24, 2.45) is 5.41 Å². The van der Waals surface area contributed by atoms with Gasteiger partial charge in [0.05, 0.1) is 28.9 Å². The largest absolute Gasteiger partial charge is 0.434 e. The molecule has 1 aliphatic heterocycles. The van der Waals surface area contributed by atoms with Crippen LogP contribution in [-0.2, 0) is 5.60 Å². The van der Waals surface area contributed by atoms with Gasteiger partial charge in [-0.15, -0.1) is 0 Å². The van der Waals surface area contributed by atoms with Crippen LogP contribution in [0.3, 0.4) is 0 Å². The van der Waals surface area contributed by atoms with E-state index in [1.807, 2.05) is 0 Å². The van der Waals surface area contributed by atoms with Gasteiger partial charge in [0.15, 0.2) is 5.65 Å². The number of alkyl halides is 2. The number of benzene rings is 1. The van der Waals surface area contributed by atoms with E-state index < -0.39 is 35.4 Å². The number of carbonyl (C=O) groups excluding carboxylic acids is 1. The summed E-state index contributed by atoms with van der Waals surface area (Å²) in [5, 5.41) is 24.8. The Morgan fingerprint density at radius 3 is 2.73 bits per heavy atom. The monoisotopic (exact) mass is 560 g/mol. The maximum atomic E-state index is 15.2. The molecule has 2 unspecified atom stereocenters. The lowest BCUT2D eigenvalue weighted by Gasteiger charge is -2.46. The Morgan fingerprint density at radius 2 is 2.02 bits per heavy atom. The average Bonchev–Trinajstić information content (AvgIpc) is 3.44. The summed E-state index contributed by atoms with van der Waals surface area (Å²) in [4.78, 5) is 23.8. The zero-order valence-electron chi connectivity index (χ0n) is 22.0. The minimum absolute atomic E-state index is 0.0727. The Labute approximate surface area is 231 Å². The van der Waals surface area contributed by atoms with Gasteiger partial charge in [0.25, 0.3) is 5.91 Å². The molecule has 1 saturated carbocycles. The molecule has 0 saturated heterocycles. The number of hydrogen-bond donors (Lipinski definition) is 1. The van der Waals surface area contributed by atoms with Crippen LogP contribution >= 0.6 is 0 Å². The predicted octanol–water partition coefficient (Wildman–Crippen LogP) is 4.71. The maximum Gasteiger partial charge on any atom is 0.387 e. The van der Waals surface area contributed by atoms with Gasteiger partial charge < -0.3 is 14.7 Å². The zero-order valence-corrected chi connectivity index (χ0v) is 22.0. The molecule has 2 aliphatic carbocycles. The van der Waals surface area contributed by atoms with Crippen molar-refractivity contribution in [3.63, 3.8) is 0 Å². The number of rotatable bonds is 4. The second kappa shape index (κ2) is 8.50. The first kappa shape index (κ1) is 25.5. The van der Waals surface area contributed by atoms with Gasteiger partial charge in [-0.05, 0) is 37.6 Å². The van der Waals surface area contributed by atoms with E-state index in [1.54, 1.807) is 41.7 Å². The molecule has 4 aromatic rings. The van der Waals surface area contributed by atoms with Gasteiger partial charge in [-0.3, -0.25) is 9.78 Å². The molecule has 1 N–H and O–H groups in total. The quantitative estimate of drug-likeness (QED) is 0.384. The predicted molar refractivity (Wildman–Crippen MR) is 137 cm³/mol. The third kappa shape index (κ3) is 3.65. The van der Waals surface area contributed by atoms with E-state index in [4.69, 9.17) is 9.72 Å². The van der Waals surface area contributed by atoms with Crippen molar-refractivity contribution >= 4 is 11.6 Å². The summed E-state index contributed by atoms with van der Waals surface area (Å²) in [5.41, 5.74) is 0.785. The van der Waals surface area contributed by atoms with Crippen LogP contribution in [0.1, 0.15) is 71.0 Å². The summed E-state index contributed by atoms with van der Waals surface area (Å²) in [7, 11) is 1.66.